The Bertz CT molecular complexity index is 1080. The lowest BCUT2D eigenvalue weighted by Gasteiger charge is -2.11. The second-order valence-electron chi connectivity index (χ2n) is 6.46. The van der Waals surface area contributed by atoms with E-state index >= 15 is 0 Å². The van der Waals surface area contributed by atoms with Gasteiger partial charge in [0.25, 0.3) is 5.91 Å². The van der Waals surface area contributed by atoms with Crippen LogP contribution in [-0.4, -0.2) is 25.8 Å². The van der Waals surface area contributed by atoms with E-state index in [1.54, 1.807) is 19.2 Å². The Morgan fingerprint density at radius 2 is 1.69 bits per heavy atom. The summed E-state index contributed by atoms with van der Waals surface area (Å²) in [6, 6.07) is 18.9. The summed E-state index contributed by atoms with van der Waals surface area (Å²) in [6.07, 6.45) is 1.52. The Morgan fingerprint density at radius 3 is 2.38 bits per heavy atom. The smallest absolute Gasteiger partial charge is 0.277 e. The number of methoxy groups -OCH3 is 1. The van der Waals surface area contributed by atoms with Crippen LogP contribution < -0.4 is 19.6 Å². The molecule has 0 aliphatic heterocycles. The minimum atomic E-state index is -0.391. The van der Waals surface area contributed by atoms with Gasteiger partial charge in [0, 0.05) is 4.47 Å². The number of hydrogen-bond donors (Lipinski definition) is 1. The highest BCUT2D eigenvalue weighted by Crippen LogP contribution is 2.36. The van der Waals surface area contributed by atoms with Crippen molar-refractivity contribution in [2.75, 3.05) is 13.7 Å². The molecule has 0 fully saturated rings. The van der Waals surface area contributed by atoms with Crippen molar-refractivity contribution in [3.63, 3.8) is 0 Å². The molecule has 9 heteroatoms. The predicted octanol–water partition coefficient (Wildman–Crippen LogP) is 6.09. The Labute approximate surface area is 211 Å². The molecule has 166 valence electrons. The van der Waals surface area contributed by atoms with Crippen molar-refractivity contribution in [2.45, 2.75) is 6.61 Å². The summed E-state index contributed by atoms with van der Waals surface area (Å²) < 4.78 is 19.1. The number of amides is 1. The van der Waals surface area contributed by atoms with E-state index in [0.717, 1.165) is 24.5 Å². The summed E-state index contributed by atoms with van der Waals surface area (Å²) in [5, 5.41) is 3.98. The van der Waals surface area contributed by atoms with Crippen LogP contribution in [0.15, 0.2) is 79.2 Å². The molecule has 1 amide bonds. The van der Waals surface area contributed by atoms with Crippen molar-refractivity contribution in [1.29, 1.82) is 0 Å². The zero-order chi connectivity index (χ0) is 22.9. The fourth-order valence-electron chi connectivity index (χ4n) is 2.63. The number of nitrogens with one attached hydrogen (secondary N) is 1. The maximum absolute atomic E-state index is 12.1. The van der Waals surface area contributed by atoms with E-state index < -0.39 is 5.91 Å². The van der Waals surface area contributed by atoms with Crippen LogP contribution in [0.25, 0.3) is 0 Å². The normalized spacial score (nSPS) is 10.8. The molecule has 0 spiro atoms. The summed E-state index contributed by atoms with van der Waals surface area (Å²) in [6.45, 7) is 0.247. The number of halogens is 3. The van der Waals surface area contributed by atoms with Gasteiger partial charge in [-0.05, 0) is 73.3 Å². The molecule has 0 atom stereocenters. The van der Waals surface area contributed by atoms with Crippen molar-refractivity contribution in [2.24, 2.45) is 5.10 Å². The molecule has 3 rings (SSSR count). The van der Waals surface area contributed by atoms with Crippen molar-refractivity contribution in [1.82, 2.24) is 5.43 Å². The van der Waals surface area contributed by atoms with Crippen molar-refractivity contribution in [3.05, 3.63) is 85.2 Å². The van der Waals surface area contributed by atoms with Crippen LogP contribution in [0.2, 0.25) is 0 Å². The van der Waals surface area contributed by atoms with Gasteiger partial charge in [0.1, 0.15) is 12.4 Å². The van der Waals surface area contributed by atoms with E-state index in [-0.39, 0.29) is 6.61 Å². The second kappa shape index (κ2) is 12.0. The molecule has 0 aliphatic carbocycles. The van der Waals surface area contributed by atoms with Gasteiger partial charge in [0.2, 0.25) is 0 Å². The maximum atomic E-state index is 12.1. The topological polar surface area (TPSA) is 69.2 Å². The predicted molar refractivity (Wildman–Crippen MR) is 135 cm³/mol. The van der Waals surface area contributed by atoms with Crippen molar-refractivity contribution >= 4 is 59.9 Å². The summed E-state index contributed by atoms with van der Waals surface area (Å²) >= 11 is 10.2. The number of hydrazone groups is 1. The quantitative estimate of drug-likeness (QED) is 0.231. The molecule has 6 nitrogen and oxygen atoms in total. The monoisotopic (exact) mass is 624 g/mol. The van der Waals surface area contributed by atoms with Gasteiger partial charge >= 0.3 is 0 Å². The average Bonchev–Trinajstić information content (AvgIpc) is 2.78. The summed E-state index contributed by atoms with van der Waals surface area (Å²) in [7, 11) is 1.57. The van der Waals surface area contributed by atoms with Gasteiger partial charge in [0.15, 0.2) is 18.1 Å². The molecule has 0 saturated heterocycles. The Kier molecular flexibility index (Phi) is 9.13. The van der Waals surface area contributed by atoms with Crippen LogP contribution in [0, 0.1) is 0 Å². The van der Waals surface area contributed by atoms with E-state index in [9.17, 15) is 4.79 Å². The zero-order valence-corrected chi connectivity index (χ0v) is 21.7. The molecule has 32 heavy (non-hydrogen) atoms. The number of carbonyl (C=O) groups excluding carboxylic acids is 1. The first-order valence-electron chi connectivity index (χ1n) is 9.40. The van der Waals surface area contributed by atoms with E-state index in [0.29, 0.717) is 23.9 Å². The van der Waals surface area contributed by atoms with Gasteiger partial charge in [-0.1, -0.05) is 46.3 Å². The van der Waals surface area contributed by atoms with E-state index in [4.69, 9.17) is 14.2 Å². The lowest BCUT2D eigenvalue weighted by atomic mass is 10.2. The first-order chi connectivity index (χ1) is 15.5. The minimum absolute atomic E-state index is 0.189. The molecule has 1 N–H and O–H groups in total. The molecule has 3 aromatic carbocycles. The highest BCUT2D eigenvalue weighted by atomic mass is 79.9. The first kappa shape index (κ1) is 24.3. The van der Waals surface area contributed by atoms with Gasteiger partial charge in [-0.15, -0.1) is 0 Å². The highest BCUT2D eigenvalue weighted by molar-refractivity contribution is 9.11. The van der Waals surface area contributed by atoms with Crippen LogP contribution in [-0.2, 0) is 11.4 Å². The Hall–Kier alpha value is -2.36. The van der Waals surface area contributed by atoms with Gasteiger partial charge in [-0.25, -0.2) is 5.43 Å². The van der Waals surface area contributed by atoms with E-state index in [2.05, 4.69) is 58.3 Å². The number of benzene rings is 3. The van der Waals surface area contributed by atoms with Crippen LogP contribution in [0.1, 0.15) is 11.1 Å². The first-order valence-corrected chi connectivity index (χ1v) is 11.8. The molecular formula is C23H19Br3N2O4. The molecule has 0 heterocycles. The van der Waals surface area contributed by atoms with E-state index in [1.807, 2.05) is 48.5 Å². The lowest BCUT2D eigenvalue weighted by Crippen LogP contribution is -2.24. The summed E-state index contributed by atoms with van der Waals surface area (Å²) in [5.74, 6) is 1.34. The average molecular weight is 627 g/mol. The van der Waals surface area contributed by atoms with Crippen LogP contribution >= 0.6 is 47.8 Å². The number of ether oxygens (including phenoxy) is 3. The van der Waals surface area contributed by atoms with Gasteiger partial charge in [0.05, 0.1) is 22.3 Å². The van der Waals surface area contributed by atoms with Gasteiger partial charge in [-0.2, -0.15) is 5.10 Å². The highest BCUT2D eigenvalue weighted by Gasteiger charge is 2.10. The molecule has 0 bridgehead atoms. The van der Waals surface area contributed by atoms with Crippen LogP contribution in [0.5, 0.6) is 17.2 Å². The number of rotatable bonds is 9. The Morgan fingerprint density at radius 1 is 0.969 bits per heavy atom. The molecule has 0 saturated carbocycles. The third-order valence-corrected chi connectivity index (χ3v) is 5.77. The zero-order valence-electron chi connectivity index (χ0n) is 17.0. The molecule has 0 aromatic heterocycles. The summed E-state index contributed by atoms with van der Waals surface area (Å²) in [5.41, 5.74) is 4.25. The number of nitrogens with zero attached hydrogens (tertiary/aromatic N) is 1. The SMILES string of the molecule is COc1cc(C=NNC(=O)COc2c(Br)cc(Br)cc2Br)ccc1OCc1ccccc1. The van der Waals surface area contributed by atoms with Crippen molar-refractivity contribution in [3.8, 4) is 17.2 Å². The van der Waals surface area contributed by atoms with E-state index in [1.165, 1.54) is 6.21 Å². The maximum Gasteiger partial charge on any atom is 0.277 e. The fourth-order valence-corrected chi connectivity index (χ4v) is 5.12. The van der Waals surface area contributed by atoms with Crippen molar-refractivity contribution < 1.29 is 19.0 Å². The third-order valence-electron chi connectivity index (χ3n) is 4.14. The lowest BCUT2D eigenvalue weighted by molar-refractivity contribution is -0.123. The number of hydrogen-bond acceptors (Lipinski definition) is 5. The molecule has 0 unspecified atom stereocenters. The number of carbonyl (C=O) groups is 1. The molecule has 0 aliphatic rings. The minimum Gasteiger partial charge on any atom is -0.493 e. The third kappa shape index (κ3) is 7.08. The molecule has 0 radical (unpaired) electrons. The fraction of sp³-hybridized carbons (Fsp3) is 0.130. The van der Waals surface area contributed by atoms with Crippen LogP contribution in [0.3, 0.4) is 0 Å². The second-order valence-corrected chi connectivity index (χ2v) is 9.09. The largest absolute Gasteiger partial charge is 0.493 e. The summed E-state index contributed by atoms with van der Waals surface area (Å²) in [4.78, 5) is 12.1. The van der Waals surface area contributed by atoms with Gasteiger partial charge < -0.3 is 14.2 Å². The molecule has 3 aromatic rings. The molecular weight excluding hydrogens is 608 g/mol. The van der Waals surface area contributed by atoms with Gasteiger partial charge in [-0.3, -0.25) is 4.79 Å². The Balaban J connectivity index is 1.54. The van der Waals surface area contributed by atoms with Crippen LogP contribution in [0.4, 0.5) is 0 Å². The standard InChI is InChI=1S/C23H19Br3N2O4/c1-30-21-9-16(7-8-20(21)31-13-15-5-3-2-4-6-15)12-27-28-22(29)14-32-23-18(25)10-17(24)11-19(23)26/h2-12H,13-14H2,1H3,(H,28,29).